The number of nitrogens with zero attached hydrogens (tertiary/aromatic N) is 4. The van der Waals surface area contributed by atoms with E-state index in [9.17, 15) is 0 Å². The molecule has 0 amide bonds. The maximum absolute atomic E-state index is 5.95. The van der Waals surface area contributed by atoms with Crippen LogP contribution in [0.15, 0.2) is 59.1 Å². The highest BCUT2D eigenvalue weighted by molar-refractivity contribution is 7.98. The Morgan fingerprint density at radius 2 is 1.92 bits per heavy atom. The van der Waals surface area contributed by atoms with Crippen molar-refractivity contribution in [3.8, 4) is 10.6 Å². The van der Waals surface area contributed by atoms with E-state index in [-0.39, 0.29) is 0 Å². The highest BCUT2D eigenvalue weighted by atomic mass is 35.5. The van der Waals surface area contributed by atoms with Gasteiger partial charge in [0.05, 0.1) is 16.7 Å². The van der Waals surface area contributed by atoms with Gasteiger partial charge in [-0.1, -0.05) is 47.6 Å². The highest BCUT2D eigenvalue weighted by Gasteiger charge is 2.13. The van der Waals surface area contributed by atoms with Crippen molar-refractivity contribution < 1.29 is 0 Å². The van der Waals surface area contributed by atoms with Crippen LogP contribution in [0.3, 0.4) is 0 Å². The van der Waals surface area contributed by atoms with Gasteiger partial charge in [-0.15, -0.1) is 16.4 Å². The van der Waals surface area contributed by atoms with Crippen molar-refractivity contribution in [1.82, 2.24) is 24.6 Å². The van der Waals surface area contributed by atoms with Crippen LogP contribution in [-0.2, 0) is 5.75 Å². The van der Waals surface area contributed by atoms with Crippen LogP contribution >= 0.6 is 34.7 Å². The number of hydrogen-bond acceptors (Lipinski definition) is 5. The standard InChI is InChI=1S/C18H12ClN5S2/c19-12-7-5-11(6-8-12)16-20-13(9-25-16)10-26-18-23-22-17-21-14-3-1-2-4-15(14)24(17)18/h1-9H,10H2,(H,21,22). The molecule has 5 nitrogen and oxygen atoms in total. The second-order valence-electron chi connectivity index (χ2n) is 5.71. The molecule has 3 heterocycles. The second kappa shape index (κ2) is 6.42. The molecule has 5 rings (SSSR count). The first kappa shape index (κ1) is 15.9. The maximum atomic E-state index is 5.95. The number of benzene rings is 2. The molecule has 0 fully saturated rings. The minimum absolute atomic E-state index is 0.733. The molecule has 8 heteroatoms. The van der Waals surface area contributed by atoms with Crippen molar-refractivity contribution in [3.63, 3.8) is 0 Å². The molecular formula is C18H12ClN5S2. The number of halogens is 1. The summed E-state index contributed by atoms with van der Waals surface area (Å²) in [6, 6.07) is 15.8. The third-order valence-corrected chi connectivity index (χ3v) is 6.16. The van der Waals surface area contributed by atoms with Gasteiger partial charge in [-0.05, 0) is 24.3 Å². The maximum Gasteiger partial charge on any atom is 0.231 e. The van der Waals surface area contributed by atoms with E-state index in [1.54, 1.807) is 23.1 Å². The van der Waals surface area contributed by atoms with E-state index < -0.39 is 0 Å². The summed E-state index contributed by atoms with van der Waals surface area (Å²) in [7, 11) is 0. The van der Waals surface area contributed by atoms with Crippen LogP contribution in [0.5, 0.6) is 0 Å². The predicted octanol–water partition coefficient (Wildman–Crippen LogP) is 5.28. The number of hydrogen-bond donors (Lipinski definition) is 1. The Morgan fingerprint density at radius 3 is 2.81 bits per heavy atom. The minimum Gasteiger partial charge on any atom is -0.254 e. The summed E-state index contributed by atoms with van der Waals surface area (Å²) < 4.78 is 2.05. The fourth-order valence-corrected chi connectivity index (χ4v) is 4.68. The Bertz CT molecular complexity index is 1210. The third kappa shape index (κ3) is 2.78. The molecule has 128 valence electrons. The molecule has 0 bridgehead atoms. The molecule has 0 spiro atoms. The van der Waals surface area contributed by atoms with Crippen LogP contribution in [0.2, 0.25) is 5.02 Å². The van der Waals surface area contributed by atoms with E-state index >= 15 is 0 Å². The van der Waals surface area contributed by atoms with Crippen LogP contribution in [0.4, 0.5) is 0 Å². The zero-order valence-electron chi connectivity index (χ0n) is 13.4. The van der Waals surface area contributed by atoms with Crippen molar-refractivity contribution in [3.05, 3.63) is 64.6 Å². The summed E-state index contributed by atoms with van der Waals surface area (Å²) in [6.07, 6.45) is 0. The molecule has 0 unspecified atom stereocenters. The summed E-state index contributed by atoms with van der Waals surface area (Å²) in [4.78, 5) is 9.28. The van der Waals surface area contributed by atoms with Crippen molar-refractivity contribution in [2.75, 3.05) is 0 Å². The van der Waals surface area contributed by atoms with Crippen LogP contribution in [0.1, 0.15) is 5.69 Å². The summed E-state index contributed by atoms with van der Waals surface area (Å²) in [6.45, 7) is 0. The predicted molar refractivity (Wildman–Crippen MR) is 107 cm³/mol. The number of thioether (sulfide) groups is 1. The average Bonchev–Trinajstić information content (AvgIpc) is 3.36. The number of para-hydroxylation sites is 2. The lowest BCUT2D eigenvalue weighted by Gasteiger charge is -1.98. The summed E-state index contributed by atoms with van der Waals surface area (Å²) in [5.41, 5.74) is 4.13. The van der Waals surface area contributed by atoms with Crippen molar-refractivity contribution in [2.24, 2.45) is 0 Å². The van der Waals surface area contributed by atoms with E-state index in [4.69, 9.17) is 16.6 Å². The lowest BCUT2D eigenvalue weighted by molar-refractivity contribution is 0.939. The van der Waals surface area contributed by atoms with Crippen molar-refractivity contribution in [1.29, 1.82) is 0 Å². The molecule has 0 atom stereocenters. The Balaban J connectivity index is 1.40. The van der Waals surface area contributed by atoms with Crippen LogP contribution < -0.4 is 0 Å². The van der Waals surface area contributed by atoms with Crippen LogP contribution in [0.25, 0.3) is 27.4 Å². The quantitative estimate of drug-likeness (QED) is 0.419. The van der Waals surface area contributed by atoms with Gasteiger partial charge in [-0.25, -0.2) is 15.1 Å². The second-order valence-corrected chi connectivity index (χ2v) is 7.94. The van der Waals surface area contributed by atoms with Gasteiger partial charge in [0.2, 0.25) is 5.78 Å². The Morgan fingerprint density at radius 1 is 1.08 bits per heavy atom. The number of imidazole rings is 1. The van der Waals surface area contributed by atoms with Gasteiger partial charge < -0.3 is 0 Å². The number of nitrogens with one attached hydrogen (secondary N) is 1. The van der Waals surface area contributed by atoms with Crippen molar-refractivity contribution >= 4 is 51.5 Å². The number of H-pyrrole nitrogens is 1. The lowest BCUT2D eigenvalue weighted by atomic mass is 10.2. The van der Waals surface area contributed by atoms with Crippen LogP contribution in [-0.4, -0.2) is 24.6 Å². The summed E-state index contributed by atoms with van der Waals surface area (Å²) >= 11 is 9.24. The van der Waals surface area contributed by atoms with Gasteiger partial charge in [0.15, 0.2) is 5.16 Å². The minimum atomic E-state index is 0.733. The molecule has 0 radical (unpaired) electrons. The number of rotatable bonds is 4. The summed E-state index contributed by atoms with van der Waals surface area (Å²) in [5.74, 6) is 1.50. The van der Waals surface area contributed by atoms with E-state index in [0.717, 1.165) is 49.0 Å². The third-order valence-electron chi connectivity index (χ3n) is 4.00. The molecule has 2 aromatic carbocycles. The SMILES string of the molecule is Clc1ccc(-c2nc(CSc3n[nH]c4nc5ccccc5n34)cs2)cc1. The largest absolute Gasteiger partial charge is 0.254 e. The van der Waals surface area contributed by atoms with Gasteiger partial charge in [0, 0.05) is 21.7 Å². The van der Waals surface area contributed by atoms with Crippen LogP contribution in [0, 0.1) is 0 Å². The zero-order chi connectivity index (χ0) is 17.5. The van der Waals surface area contributed by atoms with Gasteiger partial charge >= 0.3 is 0 Å². The Kier molecular flexibility index (Phi) is 3.92. The molecule has 1 N–H and O–H groups in total. The highest BCUT2D eigenvalue weighted by Crippen LogP contribution is 2.29. The van der Waals surface area contributed by atoms with Crippen molar-refractivity contribution in [2.45, 2.75) is 10.9 Å². The molecule has 26 heavy (non-hydrogen) atoms. The van der Waals surface area contributed by atoms with Gasteiger partial charge in [0.25, 0.3) is 0 Å². The van der Waals surface area contributed by atoms with E-state index in [1.165, 1.54) is 0 Å². The normalized spacial score (nSPS) is 11.6. The number of aromatic amines is 1. The molecule has 5 aromatic rings. The first-order valence-corrected chi connectivity index (χ1v) is 10.2. The van der Waals surface area contributed by atoms with Gasteiger partial charge in [-0.2, -0.15) is 0 Å². The smallest absolute Gasteiger partial charge is 0.231 e. The molecule has 0 saturated carbocycles. The molecule has 0 saturated heterocycles. The first-order chi connectivity index (χ1) is 12.8. The first-order valence-electron chi connectivity index (χ1n) is 7.93. The molecule has 0 aliphatic heterocycles. The Labute approximate surface area is 162 Å². The zero-order valence-corrected chi connectivity index (χ0v) is 15.8. The molecule has 0 aliphatic carbocycles. The van der Waals surface area contributed by atoms with Gasteiger partial charge in [0.1, 0.15) is 5.01 Å². The number of fused-ring (bicyclic) bond motifs is 3. The van der Waals surface area contributed by atoms with E-state index in [2.05, 4.69) is 26.6 Å². The van der Waals surface area contributed by atoms with Gasteiger partial charge in [-0.3, -0.25) is 4.40 Å². The molecule has 3 aromatic heterocycles. The fourth-order valence-electron chi connectivity index (χ4n) is 2.78. The van der Waals surface area contributed by atoms with E-state index in [0.29, 0.717) is 0 Å². The topological polar surface area (TPSA) is 58.9 Å². The number of thiazole rings is 1. The average molecular weight is 398 g/mol. The lowest BCUT2D eigenvalue weighted by Crippen LogP contribution is -1.87. The van der Waals surface area contributed by atoms with E-state index in [1.807, 2.05) is 46.9 Å². The monoisotopic (exact) mass is 397 g/mol. The molecule has 0 aliphatic rings. The fraction of sp³-hybridized carbons (Fsp3) is 0.0556. The molecular weight excluding hydrogens is 386 g/mol. The Hall–Kier alpha value is -2.35. The number of aromatic nitrogens is 5. The summed E-state index contributed by atoms with van der Waals surface area (Å²) in [5, 5.41) is 12.1.